The molecule has 0 N–H and O–H groups in total. The van der Waals surface area contributed by atoms with Crippen LogP contribution in [0.4, 0.5) is 5.69 Å². The number of carbonyl (C=O) groups is 1. The molecule has 7 nitrogen and oxygen atoms in total. The van der Waals surface area contributed by atoms with Crippen LogP contribution in [0, 0.1) is 0 Å². The summed E-state index contributed by atoms with van der Waals surface area (Å²) in [5.41, 5.74) is 0.153. The largest absolute Gasteiger partial charge is 0.497 e. The molecule has 0 aliphatic carbocycles. The van der Waals surface area contributed by atoms with Gasteiger partial charge in [0.15, 0.2) is 0 Å². The van der Waals surface area contributed by atoms with Crippen molar-refractivity contribution >= 4 is 33.3 Å². The van der Waals surface area contributed by atoms with Gasteiger partial charge in [-0.25, -0.2) is 8.42 Å². The smallest absolute Gasteiger partial charge is 0.326 e. The minimum Gasteiger partial charge on any atom is -0.497 e. The Labute approximate surface area is 163 Å². The van der Waals surface area contributed by atoms with Crippen LogP contribution in [0.15, 0.2) is 47.4 Å². The Kier molecular flexibility index (Phi) is 6.92. The summed E-state index contributed by atoms with van der Waals surface area (Å²) >= 11 is 5.85. The highest BCUT2D eigenvalue weighted by Gasteiger charge is 2.30. The summed E-state index contributed by atoms with van der Waals surface area (Å²) in [5.74, 6) is -0.0245. The number of carbonyl (C=O) groups excluding carboxylic acids is 1. The third-order valence-electron chi connectivity index (χ3n) is 3.63. The molecule has 9 heteroatoms. The predicted molar refractivity (Wildman–Crippen MR) is 102 cm³/mol. The minimum absolute atomic E-state index is 0.0268. The molecule has 0 atom stereocenters. The maximum absolute atomic E-state index is 13.2. The normalized spacial score (nSPS) is 11.0. The fourth-order valence-electron chi connectivity index (χ4n) is 2.35. The molecule has 0 spiro atoms. The van der Waals surface area contributed by atoms with Gasteiger partial charge < -0.3 is 14.2 Å². The number of rotatable bonds is 8. The maximum Gasteiger partial charge on any atom is 0.326 e. The average Bonchev–Trinajstić information content (AvgIpc) is 2.66. The maximum atomic E-state index is 13.2. The number of hydrogen-bond acceptors (Lipinski definition) is 6. The molecule has 2 aromatic carbocycles. The molecule has 2 aromatic rings. The third kappa shape index (κ3) is 4.84. The van der Waals surface area contributed by atoms with Gasteiger partial charge >= 0.3 is 5.97 Å². The van der Waals surface area contributed by atoms with Crippen molar-refractivity contribution in [3.63, 3.8) is 0 Å². The van der Waals surface area contributed by atoms with E-state index in [9.17, 15) is 13.2 Å². The summed E-state index contributed by atoms with van der Waals surface area (Å²) in [7, 11) is -1.24. The SMILES string of the molecule is CCOC(=O)CN(c1cc(OC)ccc1OC)S(=O)(=O)c1ccc(Cl)cc1. The van der Waals surface area contributed by atoms with Crippen LogP contribution in [-0.2, 0) is 19.6 Å². The van der Waals surface area contributed by atoms with Gasteiger partial charge in [0.25, 0.3) is 10.0 Å². The Morgan fingerprint density at radius 2 is 1.74 bits per heavy atom. The molecule has 0 radical (unpaired) electrons. The quantitative estimate of drug-likeness (QED) is 0.618. The Balaban J connectivity index is 2.61. The van der Waals surface area contributed by atoms with E-state index < -0.39 is 22.5 Å². The number of benzene rings is 2. The number of halogens is 1. The van der Waals surface area contributed by atoms with E-state index in [1.54, 1.807) is 19.1 Å². The number of anilines is 1. The molecular weight excluding hydrogens is 394 g/mol. The van der Waals surface area contributed by atoms with Crippen LogP contribution in [0.25, 0.3) is 0 Å². The zero-order valence-electron chi connectivity index (χ0n) is 15.1. The van der Waals surface area contributed by atoms with Crippen LogP contribution in [0.1, 0.15) is 6.92 Å². The molecule has 0 bridgehead atoms. The molecule has 0 fully saturated rings. The average molecular weight is 414 g/mol. The fraction of sp³-hybridized carbons (Fsp3) is 0.278. The zero-order chi connectivity index (χ0) is 20.0. The van der Waals surface area contributed by atoms with Crippen molar-refractivity contribution in [1.82, 2.24) is 0 Å². The third-order valence-corrected chi connectivity index (χ3v) is 5.66. The van der Waals surface area contributed by atoms with Crippen LogP contribution < -0.4 is 13.8 Å². The lowest BCUT2D eigenvalue weighted by molar-refractivity contribution is -0.141. The Morgan fingerprint density at radius 1 is 1.07 bits per heavy atom. The highest BCUT2D eigenvalue weighted by atomic mass is 35.5. The van der Waals surface area contributed by atoms with Crippen LogP contribution >= 0.6 is 11.6 Å². The standard InChI is InChI=1S/C18H20ClNO6S/c1-4-26-18(21)12-20(16-11-14(24-2)7-10-17(16)25-3)27(22,23)15-8-5-13(19)6-9-15/h5-11H,4,12H2,1-3H3. The number of ether oxygens (including phenoxy) is 3. The van der Waals surface area contributed by atoms with E-state index in [4.69, 9.17) is 25.8 Å². The second kappa shape index (κ2) is 8.96. The molecule has 27 heavy (non-hydrogen) atoms. The summed E-state index contributed by atoms with van der Waals surface area (Å²) in [6.45, 7) is 1.24. The first-order valence-corrected chi connectivity index (χ1v) is 9.81. The lowest BCUT2D eigenvalue weighted by Gasteiger charge is -2.25. The molecule has 0 unspecified atom stereocenters. The molecule has 0 aliphatic heterocycles. The molecular formula is C18H20ClNO6S. The fourth-order valence-corrected chi connectivity index (χ4v) is 3.89. The van der Waals surface area contributed by atoms with Crippen molar-refractivity contribution in [3.05, 3.63) is 47.5 Å². The van der Waals surface area contributed by atoms with Crippen molar-refractivity contribution < 1.29 is 27.4 Å². The number of nitrogens with zero attached hydrogens (tertiary/aromatic N) is 1. The molecule has 0 saturated carbocycles. The van der Waals surface area contributed by atoms with Crippen LogP contribution in [-0.4, -0.2) is 41.8 Å². The predicted octanol–water partition coefficient (Wildman–Crippen LogP) is 3.12. The Hall–Kier alpha value is -2.45. The lowest BCUT2D eigenvalue weighted by atomic mass is 10.2. The van der Waals surface area contributed by atoms with Crippen molar-refractivity contribution in [1.29, 1.82) is 0 Å². The zero-order valence-corrected chi connectivity index (χ0v) is 16.7. The van der Waals surface area contributed by atoms with Crippen molar-refractivity contribution in [3.8, 4) is 11.5 Å². The molecule has 0 saturated heterocycles. The van der Waals surface area contributed by atoms with E-state index in [1.165, 1.54) is 44.6 Å². The van der Waals surface area contributed by atoms with E-state index in [2.05, 4.69) is 0 Å². The van der Waals surface area contributed by atoms with Crippen molar-refractivity contribution in [2.75, 3.05) is 31.7 Å². The van der Waals surface area contributed by atoms with E-state index in [1.807, 2.05) is 0 Å². The van der Waals surface area contributed by atoms with Gasteiger partial charge in [-0.2, -0.15) is 0 Å². The summed E-state index contributed by atoms with van der Waals surface area (Å²) in [6.07, 6.45) is 0. The minimum atomic E-state index is -4.10. The topological polar surface area (TPSA) is 82.1 Å². The summed E-state index contributed by atoms with van der Waals surface area (Å²) in [4.78, 5) is 12.1. The van der Waals surface area contributed by atoms with E-state index >= 15 is 0 Å². The lowest BCUT2D eigenvalue weighted by Crippen LogP contribution is -2.37. The van der Waals surface area contributed by atoms with Gasteiger partial charge in [-0.3, -0.25) is 9.10 Å². The highest BCUT2D eigenvalue weighted by Crippen LogP contribution is 2.35. The molecule has 0 amide bonds. The van der Waals surface area contributed by atoms with Gasteiger partial charge in [0.05, 0.1) is 31.4 Å². The van der Waals surface area contributed by atoms with Gasteiger partial charge in [0, 0.05) is 11.1 Å². The van der Waals surface area contributed by atoms with Crippen molar-refractivity contribution in [2.24, 2.45) is 0 Å². The number of sulfonamides is 1. The number of methoxy groups -OCH3 is 2. The Bertz CT molecular complexity index is 899. The molecule has 0 aromatic heterocycles. The molecule has 0 heterocycles. The molecule has 2 rings (SSSR count). The Morgan fingerprint density at radius 3 is 2.30 bits per heavy atom. The summed E-state index contributed by atoms with van der Waals surface area (Å²) < 4.78 is 42.8. The second-order valence-electron chi connectivity index (χ2n) is 5.31. The van der Waals surface area contributed by atoms with Gasteiger partial charge in [0.2, 0.25) is 0 Å². The van der Waals surface area contributed by atoms with Gasteiger partial charge in [-0.05, 0) is 43.3 Å². The number of esters is 1. The van der Waals surface area contributed by atoms with Crippen LogP contribution in [0.2, 0.25) is 5.02 Å². The van der Waals surface area contributed by atoms with Crippen LogP contribution in [0.5, 0.6) is 11.5 Å². The molecule has 0 aliphatic rings. The summed E-state index contributed by atoms with van der Waals surface area (Å²) in [6, 6.07) is 10.3. The van der Waals surface area contributed by atoms with E-state index in [0.717, 1.165) is 4.31 Å². The first-order valence-electron chi connectivity index (χ1n) is 7.99. The van der Waals surface area contributed by atoms with Crippen molar-refractivity contribution in [2.45, 2.75) is 11.8 Å². The first-order chi connectivity index (χ1) is 12.8. The van der Waals surface area contributed by atoms with Gasteiger partial charge in [-0.15, -0.1) is 0 Å². The summed E-state index contributed by atoms with van der Waals surface area (Å²) in [5, 5.41) is 0.393. The van der Waals surface area contributed by atoms with E-state index in [-0.39, 0.29) is 22.9 Å². The monoisotopic (exact) mass is 413 g/mol. The van der Waals surface area contributed by atoms with Crippen LogP contribution in [0.3, 0.4) is 0 Å². The van der Waals surface area contributed by atoms with Gasteiger partial charge in [0.1, 0.15) is 18.0 Å². The molecule has 146 valence electrons. The second-order valence-corrected chi connectivity index (χ2v) is 7.61. The first kappa shape index (κ1) is 20.9. The van der Waals surface area contributed by atoms with Gasteiger partial charge in [-0.1, -0.05) is 11.6 Å². The highest BCUT2D eigenvalue weighted by molar-refractivity contribution is 7.92. The number of hydrogen-bond donors (Lipinski definition) is 0. The van der Waals surface area contributed by atoms with E-state index in [0.29, 0.717) is 10.8 Å².